The lowest BCUT2D eigenvalue weighted by Crippen LogP contribution is -2.64. The van der Waals surface area contributed by atoms with Crippen molar-refractivity contribution in [3.8, 4) is 5.75 Å². The highest BCUT2D eigenvalue weighted by atomic mass is 19.1. The minimum absolute atomic E-state index is 0.0118. The van der Waals surface area contributed by atoms with Crippen molar-refractivity contribution < 1.29 is 76.4 Å². The van der Waals surface area contributed by atoms with E-state index in [9.17, 15) is 29.1 Å². The Bertz CT molecular complexity index is 3780. The van der Waals surface area contributed by atoms with Gasteiger partial charge >= 0.3 is 6.09 Å². The number of rotatable bonds is 11. The van der Waals surface area contributed by atoms with E-state index in [1.54, 1.807) is 93.4 Å². The van der Waals surface area contributed by atoms with Crippen LogP contribution in [0.25, 0.3) is 10.9 Å². The number of nitrogens with zero attached hydrogens (tertiary/aromatic N) is 4. The Kier molecular flexibility index (Phi) is 26.2. The Labute approximate surface area is 588 Å². The van der Waals surface area contributed by atoms with E-state index in [1.807, 2.05) is 28.8 Å². The summed E-state index contributed by atoms with van der Waals surface area (Å²) >= 11 is 0. The number of halogens is 1. The lowest BCUT2D eigenvalue weighted by molar-refractivity contribution is -0.148. The number of aromatic nitrogens is 1. The molecule has 5 aromatic rings. The van der Waals surface area contributed by atoms with Gasteiger partial charge in [0.05, 0.1) is 39.0 Å². The standard InChI is InChI=1S/C75H97FN10O15/c1-47(87)28-36-99-37-29-64(90)84-33-11-9-8-10-32-83-45-54(57-42-55(76)22-25-61(57)83)41-60-70(94)85-35-27-62(100-46-63(89)78-43-53-15-12-14-52(38-53)40-58(67(91)79-60)81-73(97)101-74(3,4)5)66(85)69(93)82-65(48(2)88)68(92)80-59(39-50-20-23-56(98-7)24-21-50)71(95)86-34-13-30-75(86,6)72(96)77-31-26-49-16-18-51(44-84)19-17-49/h12,14-25,38,42,45,48,58-60,62,65-66,88H,8-11,13,26-37,39-41,43-44,46H2,1-7H3,(H,77,96)(H,78,89)(H,79,91)(H,80,92)(H,81,97)(H,82,93)/t48-,58+,59+,60+,62+,65+,66+,75+/m1/s1. The van der Waals surface area contributed by atoms with Gasteiger partial charge in [0.15, 0.2) is 0 Å². The van der Waals surface area contributed by atoms with Gasteiger partial charge in [0.25, 0.3) is 0 Å². The number of methoxy groups -OCH3 is 1. The Morgan fingerprint density at radius 3 is 2.22 bits per heavy atom. The number of aryl methyl sites for hydroxylation is 1. The molecule has 6 heterocycles. The zero-order valence-electron chi connectivity index (χ0n) is 58.9. The molecule has 25 nitrogen and oxygen atoms in total. The minimum atomic E-state index is -1.81. The molecule has 5 aliphatic rings. The molecule has 0 spiro atoms. The third kappa shape index (κ3) is 20.7. The number of amides is 9. The molecule has 2 saturated heterocycles. The first-order chi connectivity index (χ1) is 48.2. The zero-order chi connectivity index (χ0) is 72.5. The summed E-state index contributed by atoms with van der Waals surface area (Å²) in [5.41, 5.74) is 2.28. The monoisotopic (exact) mass is 1400 g/mol. The van der Waals surface area contributed by atoms with Gasteiger partial charge in [-0.25, -0.2) is 9.18 Å². The summed E-state index contributed by atoms with van der Waals surface area (Å²) in [6.45, 7) is 10.5. The van der Waals surface area contributed by atoms with E-state index >= 15 is 28.4 Å². The van der Waals surface area contributed by atoms with E-state index in [4.69, 9.17) is 18.9 Å². The number of benzene rings is 4. The predicted molar refractivity (Wildman–Crippen MR) is 372 cm³/mol. The second-order valence-electron chi connectivity index (χ2n) is 28.0. The molecule has 26 heteroatoms. The van der Waals surface area contributed by atoms with Crippen LogP contribution >= 0.6 is 0 Å². The summed E-state index contributed by atoms with van der Waals surface area (Å²) in [4.78, 5) is 149. The molecule has 1 aromatic heterocycles. The summed E-state index contributed by atoms with van der Waals surface area (Å²) in [5.74, 6) is -5.45. The van der Waals surface area contributed by atoms with Crippen LogP contribution in [0, 0.1) is 5.82 Å². The average molecular weight is 1400 g/mol. The van der Waals surface area contributed by atoms with Crippen molar-refractivity contribution in [3.05, 3.63) is 136 Å². The maximum absolute atomic E-state index is 15.9. The Morgan fingerprint density at radius 1 is 0.772 bits per heavy atom. The number of aliphatic hydroxyl groups excluding tert-OH is 1. The van der Waals surface area contributed by atoms with Crippen molar-refractivity contribution in [2.75, 3.05) is 53.1 Å². The number of hydrogen-bond acceptors (Lipinski definition) is 15. The van der Waals surface area contributed by atoms with Crippen molar-refractivity contribution in [2.24, 2.45) is 0 Å². The van der Waals surface area contributed by atoms with Crippen LogP contribution < -0.4 is 36.6 Å². The van der Waals surface area contributed by atoms with E-state index in [-0.39, 0.29) is 89.6 Å². The van der Waals surface area contributed by atoms with Gasteiger partial charge in [-0.1, -0.05) is 73.5 Å². The summed E-state index contributed by atoms with van der Waals surface area (Å²) < 4.78 is 40.5. The van der Waals surface area contributed by atoms with Crippen LogP contribution in [-0.4, -0.2) is 190 Å². The number of fused-ring (bicyclic) bond motifs is 21. The average Bonchev–Trinajstić information content (AvgIpc) is 1.66. The number of carbonyl (C=O) groups excluding carboxylic acids is 10. The quantitative estimate of drug-likeness (QED) is 0.0837. The van der Waals surface area contributed by atoms with Gasteiger partial charge in [-0.3, -0.25) is 43.2 Å². The van der Waals surface area contributed by atoms with E-state index in [0.717, 1.165) is 24.0 Å². The van der Waals surface area contributed by atoms with E-state index in [1.165, 1.54) is 42.9 Å². The fourth-order valence-electron chi connectivity index (χ4n) is 13.5. The molecule has 7 N–H and O–H groups in total. The third-order valence-corrected chi connectivity index (χ3v) is 19.0. The van der Waals surface area contributed by atoms with Gasteiger partial charge in [-0.05, 0) is 144 Å². The predicted octanol–water partition coefficient (Wildman–Crippen LogP) is 5.19. The number of hydrogen-bond donors (Lipinski definition) is 7. The minimum Gasteiger partial charge on any atom is -0.497 e. The van der Waals surface area contributed by atoms with Gasteiger partial charge in [0.2, 0.25) is 47.3 Å². The van der Waals surface area contributed by atoms with Gasteiger partial charge in [-0.15, -0.1) is 0 Å². The van der Waals surface area contributed by atoms with E-state index in [0.29, 0.717) is 90.6 Å². The molecule has 8 atom stereocenters. The molecule has 4 aromatic carbocycles. The van der Waals surface area contributed by atoms with Gasteiger partial charge in [-0.2, -0.15) is 0 Å². The Morgan fingerprint density at radius 2 is 1.50 bits per heavy atom. The van der Waals surface area contributed by atoms with Crippen LogP contribution in [0.15, 0.2) is 97.2 Å². The first-order valence-electron chi connectivity index (χ1n) is 35.0. The highest BCUT2D eigenvalue weighted by Gasteiger charge is 2.49. The third-order valence-electron chi connectivity index (χ3n) is 19.0. The maximum atomic E-state index is 15.9. The molecule has 10 rings (SSSR count). The molecule has 0 saturated carbocycles. The van der Waals surface area contributed by atoms with Crippen LogP contribution in [-0.2, 0) is 103 Å². The molecule has 10 bridgehead atoms. The number of alkyl carbamates (subject to hydrolysis) is 1. The maximum Gasteiger partial charge on any atom is 0.408 e. The highest BCUT2D eigenvalue weighted by Crippen LogP contribution is 2.32. The van der Waals surface area contributed by atoms with Crippen molar-refractivity contribution in [1.82, 2.24) is 51.2 Å². The molecule has 0 unspecified atom stereocenters. The first-order valence-corrected chi connectivity index (χ1v) is 35.0. The lowest BCUT2D eigenvalue weighted by Gasteiger charge is -2.37. The molecule has 0 aliphatic carbocycles. The molecular formula is C75H97FN10O15. The van der Waals surface area contributed by atoms with Gasteiger partial charge in [0, 0.05) is 88.6 Å². The van der Waals surface area contributed by atoms with Crippen molar-refractivity contribution in [1.29, 1.82) is 0 Å². The molecule has 101 heavy (non-hydrogen) atoms. The molecule has 544 valence electrons. The Hall–Kier alpha value is -9.27. The smallest absolute Gasteiger partial charge is 0.408 e. The van der Waals surface area contributed by atoms with Crippen molar-refractivity contribution in [3.63, 3.8) is 0 Å². The highest BCUT2D eigenvalue weighted by molar-refractivity contribution is 5.99. The van der Waals surface area contributed by atoms with Crippen molar-refractivity contribution in [2.45, 2.75) is 198 Å². The summed E-state index contributed by atoms with van der Waals surface area (Å²) in [6, 6.07) is 18.1. The second kappa shape index (κ2) is 34.9. The largest absolute Gasteiger partial charge is 0.497 e. The fraction of sp³-hybridized carbons (Fsp3) is 0.520. The fourth-order valence-corrected chi connectivity index (χ4v) is 13.5. The number of carbonyl (C=O) groups is 10. The van der Waals surface area contributed by atoms with E-state index < -0.39 is 113 Å². The van der Waals surface area contributed by atoms with Crippen LogP contribution in [0.3, 0.4) is 0 Å². The van der Waals surface area contributed by atoms with E-state index in [2.05, 4.69) is 31.9 Å². The normalized spacial score (nSPS) is 23.4. The SMILES string of the molecule is COc1ccc(C[C@@H]2NC(=O)[C@H]([C@@H](C)O)NC(=O)[C@@H]3[C@@H]4CCN3C(=O)[C@H](Cc3cn(c5ccc(F)cc35)CCCCCCN(C(=O)CCOCCC(C)=O)Cc3ccc(cc3)CCNC(=O)[C@]3(C)CCCN3C2=O)NC(=O)[C@@H](NC(=O)OC(C)(C)C)Cc2cccc(c2)CNC(=O)CO4)cc1. The van der Waals surface area contributed by atoms with Gasteiger partial charge in [0.1, 0.15) is 65.3 Å². The number of aliphatic hydroxyl groups is 1. The topological polar surface area (TPSA) is 315 Å². The number of ketones is 1. The summed E-state index contributed by atoms with van der Waals surface area (Å²) in [6.07, 6.45) is 1.69. The molecule has 9 amide bonds. The van der Waals surface area contributed by atoms with Crippen LogP contribution in [0.5, 0.6) is 5.75 Å². The van der Waals surface area contributed by atoms with Crippen LogP contribution in [0.2, 0.25) is 0 Å². The molecule has 0 radical (unpaired) electrons. The number of ether oxygens (including phenoxy) is 4. The van der Waals surface area contributed by atoms with Gasteiger partial charge < -0.3 is 75.2 Å². The molecule has 5 aliphatic heterocycles. The Balaban J connectivity index is 1.09. The summed E-state index contributed by atoms with van der Waals surface area (Å²) in [5, 5.41) is 28.9. The van der Waals surface area contributed by atoms with Crippen LogP contribution in [0.1, 0.15) is 133 Å². The first kappa shape index (κ1) is 75.9. The summed E-state index contributed by atoms with van der Waals surface area (Å²) in [7, 11) is 1.50. The zero-order valence-corrected chi connectivity index (χ0v) is 58.9. The van der Waals surface area contributed by atoms with Crippen molar-refractivity contribution >= 4 is 70.0 Å². The second-order valence-corrected chi connectivity index (χ2v) is 28.0. The molecular weight excluding hydrogens is 1300 g/mol. The number of Topliss-reactive ketones (excluding diaryl/α,β-unsaturated/α-hetero) is 1. The molecule has 2 fully saturated rings. The number of nitrogens with one attached hydrogen (secondary N) is 6. The van der Waals surface area contributed by atoms with Crippen LogP contribution in [0.4, 0.5) is 9.18 Å². The lowest BCUT2D eigenvalue weighted by atomic mass is 9.95.